The molecule has 1 rings (SSSR count). The number of amides is 1. The molecule has 80 valence electrons. The summed E-state index contributed by atoms with van der Waals surface area (Å²) >= 11 is 0. The fraction of sp³-hybridized carbons (Fsp3) is 0.800. The van der Waals surface area contributed by atoms with Crippen LogP contribution >= 0.6 is 0 Å². The van der Waals surface area contributed by atoms with Gasteiger partial charge in [0, 0.05) is 19.5 Å². The van der Waals surface area contributed by atoms with E-state index in [1.165, 1.54) is 0 Å². The quantitative estimate of drug-likeness (QED) is 0.737. The van der Waals surface area contributed by atoms with Crippen molar-refractivity contribution >= 4 is 11.9 Å². The van der Waals surface area contributed by atoms with Crippen LogP contribution in [-0.2, 0) is 9.59 Å². The molecule has 1 N–H and O–H groups in total. The normalized spacial score (nSPS) is 16.9. The molecule has 1 amide bonds. The van der Waals surface area contributed by atoms with Crippen LogP contribution in [0.1, 0.15) is 32.1 Å². The lowest BCUT2D eigenvalue weighted by molar-refractivity contribution is -0.139. The first-order valence-electron chi connectivity index (χ1n) is 5.08. The van der Waals surface area contributed by atoms with E-state index in [-0.39, 0.29) is 18.2 Å². The number of hydrogen-bond acceptors (Lipinski definition) is 2. The molecule has 0 radical (unpaired) electrons. The standard InChI is InChI=1S/C10H17NO3/c1-11(7-6-9(12)13)10(14)8-4-2-3-5-8/h8H,2-7H2,1H3,(H,12,13). The minimum absolute atomic E-state index is 0.0367. The van der Waals surface area contributed by atoms with E-state index < -0.39 is 5.97 Å². The van der Waals surface area contributed by atoms with Crippen molar-refractivity contribution < 1.29 is 14.7 Å². The Morgan fingerprint density at radius 1 is 1.36 bits per heavy atom. The third kappa shape index (κ3) is 3.01. The van der Waals surface area contributed by atoms with E-state index in [4.69, 9.17) is 5.11 Å². The van der Waals surface area contributed by atoms with Gasteiger partial charge in [-0.1, -0.05) is 12.8 Å². The summed E-state index contributed by atoms with van der Waals surface area (Å²) in [5, 5.41) is 8.47. The van der Waals surface area contributed by atoms with Gasteiger partial charge in [-0.2, -0.15) is 0 Å². The Balaban J connectivity index is 2.31. The molecule has 1 saturated carbocycles. The molecule has 0 saturated heterocycles. The minimum Gasteiger partial charge on any atom is -0.481 e. The second-order valence-corrected chi connectivity index (χ2v) is 3.88. The maximum Gasteiger partial charge on any atom is 0.305 e. The van der Waals surface area contributed by atoms with E-state index in [1.807, 2.05) is 0 Å². The summed E-state index contributed by atoms with van der Waals surface area (Å²) in [6.07, 6.45) is 4.23. The molecular weight excluding hydrogens is 182 g/mol. The maximum atomic E-state index is 11.7. The Morgan fingerprint density at radius 3 is 2.43 bits per heavy atom. The average molecular weight is 199 g/mol. The smallest absolute Gasteiger partial charge is 0.305 e. The van der Waals surface area contributed by atoms with Crippen LogP contribution in [-0.4, -0.2) is 35.5 Å². The predicted octanol–water partition coefficient (Wildman–Crippen LogP) is 1.11. The molecule has 0 aromatic heterocycles. The van der Waals surface area contributed by atoms with Crippen LogP contribution in [0, 0.1) is 5.92 Å². The van der Waals surface area contributed by atoms with E-state index in [2.05, 4.69) is 0 Å². The largest absolute Gasteiger partial charge is 0.481 e. The first-order valence-corrected chi connectivity index (χ1v) is 5.08. The lowest BCUT2D eigenvalue weighted by atomic mass is 10.1. The Kier molecular flexibility index (Phi) is 3.92. The molecule has 1 fully saturated rings. The lowest BCUT2D eigenvalue weighted by Crippen LogP contribution is -2.33. The van der Waals surface area contributed by atoms with Crippen molar-refractivity contribution in [1.82, 2.24) is 4.90 Å². The highest BCUT2D eigenvalue weighted by atomic mass is 16.4. The first kappa shape index (κ1) is 11.0. The second-order valence-electron chi connectivity index (χ2n) is 3.88. The molecule has 0 heterocycles. The molecule has 0 spiro atoms. The van der Waals surface area contributed by atoms with Gasteiger partial charge in [-0.3, -0.25) is 9.59 Å². The maximum absolute atomic E-state index is 11.7. The van der Waals surface area contributed by atoms with Gasteiger partial charge in [0.1, 0.15) is 0 Å². The molecular formula is C10H17NO3. The summed E-state index contributed by atoms with van der Waals surface area (Å²) in [6.45, 7) is 0.324. The molecule has 0 unspecified atom stereocenters. The Labute approximate surface area is 83.9 Å². The van der Waals surface area contributed by atoms with E-state index in [0.717, 1.165) is 25.7 Å². The van der Waals surface area contributed by atoms with Crippen LogP contribution in [0.15, 0.2) is 0 Å². The van der Waals surface area contributed by atoms with Crippen molar-refractivity contribution in [3.05, 3.63) is 0 Å². The molecule has 0 aromatic rings. The van der Waals surface area contributed by atoms with Crippen LogP contribution in [0.25, 0.3) is 0 Å². The van der Waals surface area contributed by atoms with Crippen molar-refractivity contribution in [2.24, 2.45) is 5.92 Å². The molecule has 1 aliphatic carbocycles. The molecule has 0 aromatic carbocycles. The van der Waals surface area contributed by atoms with Gasteiger partial charge in [-0.05, 0) is 12.8 Å². The van der Waals surface area contributed by atoms with Crippen LogP contribution < -0.4 is 0 Å². The summed E-state index contributed by atoms with van der Waals surface area (Å²) < 4.78 is 0. The summed E-state index contributed by atoms with van der Waals surface area (Å²) in [5.41, 5.74) is 0. The van der Waals surface area contributed by atoms with Gasteiger partial charge < -0.3 is 10.0 Å². The summed E-state index contributed by atoms with van der Waals surface area (Å²) in [7, 11) is 1.68. The number of carbonyl (C=O) groups excluding carboxylic acids is 1. The van der Waals surface area contributed by atoms with Gasteiger partial charge in [0.2, 0.25) is 5.91 Å². The number of carbonyl (C=O) groups is 2. The lowest BCUT2D eigenvalue weighted by Gasteiger charge is -2.19. The van der Waals surface area contributed by atoms with Gasteiger partial charge in [-0.25, -0.2) is 0 Å². The van der Waals surface area contributed by atoms with Gasteiger partial charge in [0.15, 0.2) is 0 Å². The molecule has 0 bridgehead atoms. The van der Waals surface area contributed by atoms with Gasteiger partial charge >= 0.3 is 5.97 Å². The highest BCUT2D eigenvalue weighted by molar-refractivity contribution is 5.79. The van der Waals surface area contributed by atoms with Crippen LogP contribution in [0.3, 0.4) is 0 Å². The monoisotopic (exact) mass is 199 g/mol. The SMILES string of the molecule is CN(CCC(=O)O)C(=O)C1CCCC1. The molecule has 0 atom stereocenters. The molecule has 14 heavy (non-hydrogen) atoms. The van der Waals surface area contributed by atoms with Crippen molar-refractivity contribution in [3.8, 4) is 0 Å². The summed E-state index contributed by atoms with van der Waals surface area (Å²) in [5.74, 6) is -0.589. The van der Waals surface area contributed by atoms with E-state index >= 15 is 0 Å². The molecule has 0 aliphatic heterocycles. The Bertz CT molecular complexity index is 221. The topological polar surface area (TPSA) is 57.6 Å². The average Bonchev–Trinajstić information content (AvgIpc) is 2.65. The third-order valence-corrected chi connectivity index (χ3v) is 2.74. The highest BCUT2D eigenvalue weighted by Crippen LogP contribution is 2.26. The fourth-order valence-electron chi connectivity index (χ4n) is 1.86. The zero-order chi connectivity index (χ0) is 10.6. The fourth-order valence-corrected chi connectivity index (χ4v) is 1.86. The third-order valence-electron chi connectivity index (χ3n) is 2.74. The summed E-state index contributed by atoms with van der Waals surface area (Å²) in [4.78, 5) is 23.5. The second kappa shape index (κ2) is 4.98. The van der Waals surface area contributed by atoms with Crippen LogP contribution in [0.5, 0.6) is 0 Å². The van der Waals surface area contributed by atoms with Crippen LogP contribution in [0.2, 0.25) is 0 Å². The zero-order valence-electron chi connectivity index (χ0n) is 8.53. The van der Waals surface area contributed by atoms with Crippen molar-refractivity contribution in [3.63, 3.8) is 0 Å². The minimum atomic E-state index is -0.851. The molecule has 4 heteroatoms. The van der Waals surface area contributed by atoms with Gasteiger partial charge in [-0.15, -0.1) is 0 Å². The molecule has 4 nitrogen and oxygen atoms in total. The summed E-state index contributed by atoms with van der Waals surface area (Å²) in [6, 6.07) is 0. The number of aliphatic carboxylic acids is 1. The number of carboxylic acids is 1. The van der Waals surface area contributed by atoms with Crippen molar-refractivity contribution in [2.45, 2.75) is 32.1 Å². The van der Waals surface area contributed by atoms with E-state index in [9.17, 15) is 9.59 Å². The Hall–Kier alpha value is -1.06. The predicted molar refractivity (Wildman–Crippen MR) is 51.8 cm³/mol. The van der Waals surface area contributed by atoms with E-state index in [1.54, 1.807) is 11.9 Å². The van der Waals surface area contributed by atoms with E-state index in [0.29, 0.717) is 6.54 Å². The highest BCUT2D eigenvalue weighted by Gasteiger charge is 2.25. The zero-order valence-corrected chi connectivity index (χ0v) is 8.53. The number of carboxylic acid groups (broad SMARTS) is 1. The van der Waals surface area contributed by atoms with Crippen LogP contribution in [0.4, 0.5) is 0 Å². The number of hydrogen-bond donors (Lipinski definition) is 1. The van der Waals surface area contributed by atoms with Crippen molar-refractivity contribution in [2.75, 3.05) is 13.6 Å². The van der Waals surface area contributed by atoms with Gasteiger partial charge in [0.05, 0.1) is 6.42 Å². The van der Waals surface area contributed by atoms with Crippen molar-refractivity contribution in [1.29, 1.82) is 0 Å². The number of nitrogens with zero attached hydrogens (tertiary/aromatic N) is 1. The van der Waals surface area contributed by atoms with Gasteiger partial charge in [0.25, 0.3) is 0 Å². The Morgan fingerprint density at radius 2 is 1.93 bits per heavy atom. The number of rotatable bonds is 4. The first-order chi connectivity index (χ1) is 6.61. The molecule has 1 aliphatic rings.